The Morgan fingerprint density at radius 1 is 1.27 bits per heavy atom. The van der Waals surface area contributed by atoms with E-state index in [0.29, 0.717) is 12.8 Å². The number of carbonyl (C=O) groups excluding carboxylic acids is 2. The fourth-order valence-corrected chi connectivity index (χ4v) is 2.12. The minimum atomic E-state index is -0.574. The largest absolute Gasteiger partial charge is 0.508 e. The van der Waals surface area contributed by atoms with Gasteiger partial charge in [-0.3, -0.25) is 9.59 Å². The Kier molecular flexibility index (Phi) is 6.63. The van der Waals surface area contributed by atoms with Crippen molar-refractivity contribution in [1.82, 2.24) is 0 Å². The summed E-state index contributed by atoms with van der Waals surface area (Å²) >= 11 is 0. The molecule has 1 aromatic rings. The zero-order chi connectivity index (χ0) is 16.7. The molecule has 0 bridgehead atoms. The molecule has 2 N–H and O–H groups in total. The number of allylic oxidation sites excluding steroid dienone is 2. The number of benzene rings is 1. The van der Waals surface area contributed by atoms with Gasteiger partial charge in [0, 0.05) is 6.42 Å². The molecule has 0 aromatic heterocycles. The molecule has 1 unspecified atom stereocenters. The van der Waals surface area contributed by atoms with Crippen molar-refractivity contribution in [2.75, 3.05) is 7.11 Å². The molecule has 5 heteroatoms. The number of ketones is 1. The second kappa shape index (κ2) is 8.22. The molecular formula is C17H22O5. The van der Waals surface area contributed by atoms with Gasteiger partial charge in [-0.1, -0.05) is 11.6 Å². The van der Waals surface area contributed by atoms with Crippen LogP contribution < -0.4 is 0 Å². The van der Waals surface area contributed by atoms with Crippen LogP contribution in [0, 0.1) is 5.92 Å². The molecule has 0 amide bonds. The zero-order valence-corrected chi connectivity index (χ0v) is 13.1. The van der Waals surface area contributed by atoms with Crippen LogP contribution in [-0.4, -0.2) is 29.1 Å². The van der Waals surface area contributed by atoms with E-state index in [1.807, 2.05) is 19.9 Å². The van der Waals surface area contributed by atoms with Crippen LogP contribution in [0.15, 0.2) is 29.8 Å². The van der Waals surface area contributed by atoms with E-state index in [9.17, 15) is 19.8 Å². The Morgan fingerprint density at radius 2 is 1.95 bits per heavy atom. The predicted octanol–water partition coefficient (Wildman–Crippen LogP) is 3.21. The van der Waals surface area contributed by atoms with Gasteiger partial charge in [0.1, 0.15) is 11.5 Å². The van der Waals surface area contributed by atoms with Gasteiger partial charge in [-0.05, 0) is 44.9 Å². The van der Waals surface area contributed by atoms with Crippen molar-refractivity contribution < 1.29 is 24.5 Å². The number of methoxy groups -OCH3 is 1. The quantitative estimate of drug-likeness (QED) is 0.350. The van der Waals surface area contributed by atoms with Crippen molar-refractivity contribution in [3.63, 3.8) is 0 Å². The zero-order valence-electron chi connectivity index (χ0n) is 13.1. The fourth-order valence-electron chi connectivity index (χ4n) is 2.12. The van der Waals surface area contributed by atoms with Crippen molar-refractivity contribution in [3.05, 3.63) is 35.4 Å². The van der Waals surface area contributed by atoms with Crippen molar-refractivity contribution in [2.45, 2.75) is 33.1 Å². The van der Waals surface area contributed by atoms with Gasteiger partial charge in [0.2, 0.25) is 0 Å². The van der Waals surface area contributed by atoms with Gasteiger partial charge in [-0.2, -0.15) is 0 Å². The van der Waals surface area contributed by atoms with Crippen molar-refractivity contribution in [3.8, 4) is 11.5 Å². The minimum absolute atomic E-state index is 0.0103. The summed E-state index contributed by atoms with van der Waals surface area (Å²) in [5.74, 6) is -1.75. The molecule has 0 aliphatic carbocycles. The lowest BCUT2D eigenvalue weighted by atomic mass is 9.93. The number of Topliss-reactive ketones (excluding diaryl/α,β-unsaturated/α-hetero) is 1. The molecule has 0 radical (unpaired) electrons. The van der Waals surface area contributed by atoms with E-state index >= 15 is 0 Å². The predicted molar refractivity (Wildman–Crippen MR) is 82.9 cm³/mol. The molecule has 22 heavy (non-hydrogen) atoms. The smallest absolute Gasteiger partial charge is 0.309 e. The lowest BCUT2D eigenvalue weighted by Crippen LogP contribution is -2.20. The maximum Gasteiger partial charge on any atom is 0.309 e. The molecular weight excluding hydrogens is 284 g/mol. The van der Waals surface area contributed by atoms with Crippen LogP contribution in [-0.2, 0) is 9.53 Å². The van der Waals surface area contributed by atoms with Crippen LogP contribution in [0.3, 0.4) is 0 Å². The highest BCUT2D eigenvalue weighted by atomic mass is 16.5. The Balaban J connectivity index is 2.84. The summed E-state index contributed by atoms with van der Waals surface area (Å²) in [6.45, 7) is 3.92. The number of hydrogen-bond acceptors (Lipinski definition) is 5. The topological polar surface area (TPSA) is 83.8 Å². The van der Waals surface area contributed by atoms with Gasteiger partial charge < -0.3 is 14.9 Å². The summed E-state index contributed by atoms with van der Waals surface area (Å²) in [7, 11) is 1.28. The average molecular weight is 306 g/mol. The highest BCUT2D eigenvalue weighted by molar-refractivity contribution is 6.00. The van der Waals surface area contributed by atoms with Crippen LogP contribution in [0.2, 0.25) is 0 Å². The van der Waals surface area contributed by atoms with Crippen LogP contribution >= 0.6 is 0 Å². The Morgan fingerprint density at radius 3 is 2.55 bits per heavy atom. The van der Waals surface area contributed by atoms with Gasteiger partial charge >= 0.3 is 5.97 Å². The first-order chi connectivity index (χ1) is 10.3. The summed E-state index contributed by atoms with van der Waals surface area (Å²) in [6.07, 6.45) is 3.08. The summed E-state index contributed by atoms with van der Waals surface area (Å²) in [6, 6.07) is 3.74. The third-order valence-electron chi connectivity index (χ3n) is 3.31. The molecule has 0 fully saturated rings. The maximum atomic E-state index is 12.3. The Bertz CT molecular complexity index is 570. The summed E-state index contributed by atoms with van der Waals surface area (Å²) < 4.78 is 4.74. The summed E-state index contributed by atoms with van der Waals surface area (Å²) in [5, 5.41) is 19.1. The SMILES string of the molecule is COC(=O)C(CCC=C(C)C)CC(=O)c1cc(O)ccc1O. The van der Waals surface area contributed by atoms with E-state index in [1.54, 1.807) is 0 Å². The van der Waals surface area contributed by atoms with E-state index in [4.69, 9.17) is 4.74 Å². The fraction of sp³-hybridized carbons (Fsp3) is 0.412. The highest BCUT2D eigenvalue weighted by Crippen LogP contribution is 2.26. The average Bonchev–Trinajstić information content (AvgIpc) is 2.47. The number of esters is 1. The molecule has 120 valence electrons. The van der Waals surface area contributed by atoms with Crippen LogP contribution in [0.25, 0.3) is 0 Å². The molecule has 1 rings (SSSR count). The summed E-state index contributed by atoms with van der Waals surface area (Å²) in [5.41, 5.74) is 1.15. The number of ether oxygens (including phenoxy) is 1. The first-order valence-corrected chi connectivity index (χ1v) is 7.11. The highest BCUT2D eigenvalue weighted by Gasteiger charge is 2.24. The number of phenolic OH excluding ortho intramolecular Hbond substituents is 2. The van der Waals surface area contributed by atoms with Gasteiger partial charge in [0.25, 0.3) is 0 Å². The molecule has 0 aliphatic rings. The summed E-state index contributed by atoms with van der Waals surface area (Å²) in [4.78, 5) is 24.1. The number of phenols is 2. The van der Waals surface area contributed by atoms with Crippen LogP contribution in [0.1, 0.15) is 43.5 Å². The van der Waals surface area contributed by atoms with Crippen LogP contribution in [0.5, 0.6) is 11.5 Å². The third-order valence-corrected chi connectivity index (χ3v) is 3.31. The molecule has 1 aromatic carbocycles. The molecule has 0 saturated carbocycles. The van der Waals surface area contributed by atoms with Gasteiger partial charge in [0.05, 0.1) is 18.6 Å². The molecule has 5 nitrogen and oxygen atoms in total. The molecule has 0 spiro atoms. The second-order valence-electron chi connectivity index (χ2n) is 5.41. The van der Waals surface area contributed by atoms with E-state index in [0.717, 1.165) is 5.57 Å². The van der Waals surface area contributed by atoms with E-state index in [1.165, 1.54) is 25.3 Å². The van der Waals surface area contributed by atoms with E-state index in [2.05, 4.69) is 0 Å². The third kappa shape index (κ3) is 5.24. The van der Waals surface area contributed by atoms with Crippen molar-refractivity contribution in [2.24, 2.45) is 5.92 Å². The first-order valence-electron chi connectivity index (χ1n) is 7.11. The lowest BCUT2D eigenvalue weighted by molar-refractivity contribution is -0.145. The normalized spacial score (nSPS) is 11.6. The van der Waals surface area contributed by atoms with Gasteiger partial charge in [0.15, 0.2) is 5.78 Å². The second-order valence-corrected chi connectivity index (χ2v) is 5.41. The minimum Gasteiger partial charge on any atom is -0.508 e. The Hall–Kier alpha value is -2.30. The van der Waals surface area contributed by atoms with Crippen molar-refractivity contribution >= 4 is 11.8 Å². The first kappa shape index (κ1) is 17.8. The van der Waals surface area contributed by atoms with Crippen LogP contribution in [0.4, 0.5) is 0 Å². The number of hydrogen-bond donors (Lipinski definition) is 2. The number of rotatable bonds is 7. The van der Waals surface area contributed by atoms with Crippen molar-refractivity contribution in [1.29, 1.82) is 0 Å². The lowest BCUT2D eigenvalue weighted by Gasteiger charge is -2.13. The maximum absolute atomic E-state index is 12.3. The van der Waals surface area contributed by atoms with E-state index in [-0.39, 0.29) is 23.5 Å². The van der Waals surface area contributed by atoms with E-state index < -0.39 is 17.7 Å². The molecule has 0 heterocycles. The standard InChI is InChI=1S/C17H22O5/c1-11(2)5-4-6-12(17(21)22-3)9-16(20)14-10-13(18)7-8-15(14)19/h5,7-8,10,12,18-19H,4,6,9H2,1-3H3. The molecule has 0 saturated heterocycles. The molecule has 1 atom stereocenters. The monoisotopic (exact) mass is 306 g/mol. The molecule has 0 aliphatic heterocycles. The Labute approximate surface area is 130 Å². The van der Waals surface area contributed by atoms with Gasteiger partial charge in [-0.15, -0.1) is 0 Å². The number of carbonyl (C=O) groups is 2. The van der Waals surface area contributed by atoms with Gasteiger partial charge in [-0.25, -0.2) is 0 Å². The number of aromatic hydroxyl groups is 2.